The first kappa shape index (κ1) is 17.9. The number of ether oxygens (including phenoxy) is 2. The fraction of sp³-hybridized carbons (Fsp3) is 0.368. The summed E-state index contributed by atoms with van der Waals surface area (Å²) in [6.45, 7) is 5.33. The molecule has 0 amide bonds. The van der Waals surface area contributed by atoms with Crippen molar-refractivity contribution in [2.45, 2.75) is 45.1 Å². The van der Waals surface area contributed by atoms with Crippen molar-refractivity contribution < 1.29 is 18.7 Å². The molecule has 0 spiro atoms. The van der Waals surface area contributed by atoms with Crippen molar-refractivity contribution in [3.05, 3.63) is 52.0 Å². The van der Waals surface area contributed by atoms with Crippen LogP contribution in [0, 0.1) is 5.82 Å². The zero-order valence-electron chi connectivity index (χ0n) is 14.3. The van der Waals surface area contributed by atoms with Gasteiger partial charge < -0.3 is 9.47 Å². The first-order valence-electron chi connectivity index (χ1n) is 8.10. The van der Waals surface area contributed by atoms with Crippen molar-refractivity contribution in [1.82, 2.24) is 4.98 Å². The van der Waals surface area contributed by atoms with Crippen LogP contribution in [0.1, 0.15) is 55.5 Å². The van der Waals surface area contributed by atoms with Gasteiger partial charge in [-0.3, -0.25) is 0 Å². The molecule has 0 bridgehead atoms. The van der Waals surface area contributed by atoms with E-state index in [-0.39, 0.29) is 28.8 Å². The average molecular weight is 408 g/mol. The maximum atomic E-state index is 14.7. The molecular formula is C19H19BrFNO3. The van der Waals surface area contributed by atoms with Crippen molar-refractivity contribution in [2.75, 3.05) is 0 Å². The van der Waals surface area contributed by atoms with E-state index in [1.165, 1.54) is 12.3 Å². The van der Waals surface area contributed by atoms with Gasteiger partial charge in [-0.25, -0.2) is 14.2 Å². The lowest BCUT2D eigenvalue weighted by atomic mass is 10.1. The van der Waals surface area contributed by atoms with E-state index in [2.05, 4.69) is 20.9 Å². The summed E-state index contributed by atoms with van der Waals surface area (Å²) in [6.07, 6.45) is 3.36. The lowest BCUT2D eigenvalue weighted by Crippen LogP contribution is -2.24. The molecule has 0 unspecified atom stereocenters. The summed E-state index contributed by atoms with van der Waals surface area (Å²) in [7, 11) is 0. The molecule has 0 radical (unpaired) electrons. The number of benzene rings is 1. The van der Waals surface area contributed by atoms with Crippen molar-refractivity contribution in [1.29, 1.82) is 0 Å². The maximum Gasteiger partial charge on any atom is 0.342 e. The Balaban J connectivity index is 1.93. The van der Waals surface area contributed by atoms with Gasteiger partial charge in [0.05, 0.1) is 6.20 Å². The van der Waals surface area contributed by atoms with Gasteiger partial charge in [-0.05, 0) is 73.2 Å². The Morgan fingerprint density at radius 2 is 2.00 bits per heavy atom. The first-order chi connectivity index (χ1) is 11.7. The predicted octanol–water partition coefficient (Wildman–Crippen LogP) is 5.61. The Morgan fingerprint density at radius 1 is 1.28 bits per heavy atom. The van der Waals surface area contributed by atoms with Crippen LogP contribution in [0.3, 0.4) is 0 Å². The largest absolute Gasteiger partial charge is 0.456 e. The molecule has 1 aromatic heterocycles. The Kier molecular flexibility index (Phi) is 4.82. The average Bonchev–Trinajstić information content (AvgIpc) is 3.34. The first-order valence-corrected chi connectivity index (χ1v) is 8.89. The predicted molar refractivity (Wildman–Crippen MR) is 95.6 cm³/mol. The van der Waals surface area contributed by atoms with Crippen LogP contribution < -0.4 is 4.74 Å². The van der Waals surface area contributed by atoms with Gasteiger partial charge in [0.25, 0.3) is 0 Å². The molecule has 0 atom stereocenters. The van der Waals surface area contributed by atoms with Crippen molar-refractivity contribution >= 4 is 21.9 Å². The molecule has 0 aliphatic heterocycles. The molecule has 1 fully saturated rings. The van der Waals surface area contributed by atoms with Crippen molar-refractivity contribution in [3.8, 4) is 11.5 Å². The van der Waals surface area contributed by atoms with Crippen LogP contribution in [-0.2, 0) is 4.74 Å². The van der Waals surface area contributed by atoms with Crippen molar-refractivity contribution in [3.63, 3.8) is 0 Å². The van der Waals surface area contributed by atoms with Crippen LogP contribution in [0.15, 0.2) is 35.1 Å². The van der Waals surface area contributed by atoms with Crippen LogP contribution in [0.5, 0.6) is 11.5 Å². The second-order valence-corrected chi connectivity index (χ2v) is 7.85. The quantitative estimate of drug-likeness (QED) is 0.488. The fourth-order valence-corrected chi connectivity index (χ4v) is 2.76. The highest BCUT2D eigenvalue weighted by Crippen LogP contribution is 2.43. The highest BCUT2D eigenvalue weighted by Gasteiger charge is 2.28. The van der Waals surface area contributed by atoms with Crippen LogP contribution >= 0.6 is 15.9 Å². The number of rotatable bonds is 4. The molecule has 1 aliphatic rings. The lowest BCUT2D eigenvalue weighted by Gasteiger charge is -2.20. The number of carbonyl (C=O) groups excluding carboxylic acids is 1. The number of aromatic nitrogens is 1. The van der Waals surface area contributed by atoms with E-state index >= 15 is 0 Å². The Labute approximate surface area is 154 Å². The molecule has 1 aliphatic carbocycles. The fourth-order valence-electron chi connectivity index (χ4n) is 2.43. The second-order valence-electron chi connectivity index (χ2n) is 7.04. The highest BCUT2D eigenvalue weighted by molar-refractivity contribution is 9.10. The summed E-state index contributed by atoms with van der Waals surface area (Å²) in [4.78, 5) is 16.5. The van der Waals surface area contributed by atoms with E-state index in [0.717, 1.165) is 12.8 Å². The van der Waals surface area contributed by atoms with Gasteiger partial charge in [0.2, 0.25) is 0 Å². The monoisotopic (exact) mass is 407 g/mol. The van der Waals surface area contributed by atoms with E-state index in [1.807, 2.05) is 0 Å². The van der Waals surface area contributed by atoms with Gasteiger partial charge >= 0.3 is 5.97 Å². The Morgan fingerprint density at radius 3 is 2.64 bits per heavy atom. The number of esters is 1. The van der Waals surface area contributed by atoms with Crippen LogP contribution in [0.4, 0.5) is 4.39 Å². The number of nitrogens with zero attached hydrogens (tertiary/aromatic N) is 1. The van der Waals surface area contributed by atoms with Crippen LogP contribution in [0.2, 0.25) is 0 Å². The Hall–Kier alpha value is -1.95. The minimum atomic E-state index is -0.652. The minimum absolute atomic E-state index is 0.0818. The molecule has 1 heterocycles. The molecule has 0 N–H and O–H groups in total. The van der Waals surface area contributed by atoms with Gasteiger partial charge in [0.1, 0.15) is 15.8 Å². The lowest BCUT2D eigenvalue weighted by molar-refractivity contribution is 0.00668. The molecule has 1 saturated carbocycles. The summed E-state index contributed by atoms with van der Waals surface area (Å²) in [6, 6.07) is 6.58. The summed E-state index contributed by atoms with van der Waals surface area (Å²) in [5.41, 5.74) is 0.191. The van der Waals surface area contributed by atoms with Gasteiger partial charge in [-0.2, -0.15) is 0 Å². The third-order valence-corrected chi connectivity index (χ3v) is 4.12. The second kappa shape index (κ2) is 6.75. The summed E-state index contributed by atoms with van der Waals surface area (Å²) < 4.78 is 26.2. The Bertz CT molecular complexity index is 813. The molecule has 3 rings (SSSR count). The zero-order chi connectivity index (χ0) is 18.2. The third kappa shape index (κ3) is 4.37. The van der Waals surface area contributed by atoms with Gasteiger partial charge in [-0.1, -0.05) is 12.1 Å². The smallest absolute Gasteiger partial charge is 0.342 e. The normalized spacial score (nSPS) is 14.3. The van der Waals surface area contributed by atoms with Crippen LogP contribution in [0.25, 0.3) is 0 Å². The number of carbonyl (C=O) groups is 1. The standard InChI is InChI=1S/C19H19BrFNO3/c1-19(2,3)25-18(23)13-9-16(20)22-10-15(13)24-14-6-4-5-12(17(14)21)11-7-8-11/h4-6,9-11H,7-8H2,1-3H3. The van der Waals surface area contributed by atoms with Crippen LogP contribution in [-0.4, -0.2) is 16.6 Å². The van der Waals surface area contributed by atoms with E-state index in [0.29, 0.717) is 10.2 Å². The maximum absolute atomic E-state index is 14.7. The number of pyridine rings is 1. The van der Waals surface area contributed by atoms with Gasteiger partial charge in [0.15, 0.2) is 17.3 Å². The van der Waals surface area contributed by atoms with E-state index < -0.39 is 11.6 Å². The van der Waals surface area contributed by atoms with E-state index in [1.54, 1.807) is 39.0 Å². The molecule has 6 heteroatoms. The van der Waals surface area contributed by atoms with Crippen molar-refractivity contribution in [2.24, 2.45) is 0 Å². The molecular weight excluding hydrogens is 389 g/mol. The van der Waals surface area contributed by atoms with E-state index in [9.17, 15) is 9.18 Å². The van der Waals surface area contributed by atoms with Gasteiger partial charge in [0, 0.05) is 0 Å². The number of hydrogen-bond donors (Lipinski definition) is 0. The number of hydrogen-bond acceptors (Lipinski definition) is 4. The summed E-state index contributed by atoms with van der Waals surface area (Å²) in [5.74, 6) is -0.438. The molecule has 132 valence electrons. The molecule has 2 aromatic rings. The summed E-state index contributed by atoms with van der Waals surface area (Å²) in [5, 5.41) is 0. The minimum Gasteiger partial charge on any atom is -0.456 e. The molecule has 1 aromatic carbocycles. The third-order valence-electron chi connectivity index (χ3n) is 3.68. The zero-order valence-corrected chi connectivity index (χ0v) is 15.9. The topological polar surface area (TPSA) is 48.4 Å². The SMILES string of the molecule is CC(C)(C)OC(=O)c1cc(Br)ncc1Oc1cccc(C2CC2)c1F. The number of halogens is 2. The molecule has 25 heavy (non-hydrogen) atoms. The van der Waals surface area contributed by atoms with Gasteiger partial charge in [-0.15, -0.1) is 0 Å². The van der Waals surface area contributed by atoms with E-state index in [4.69, 9.17) is 9.47 Å². The molecule has 4 nitrogen and oxygen atoms in total. The molecule has 0 saturated heterocycles. The highest BCUT2D eigenvalue weighted by atomic mass is 79.9. The summed E-state index contributed by atoms with van der Waals surface area (Å²) >= 11 is 3.23.